The van der Waals surface area contributed by atoms with Crippen molar-refractivity contribution in [2.45, 2.75) is 6.42 Å². The van der Waals surface area contributed by atoms with Crippen molar-refractivity contribution < 1.29 is 9.53 Å². The van der Waals surface area contributed by atoms with Gasteiger partial charge in [0.2, 0.25) is 0 Å². The fourth-order valence-electron chi connectivity index (χ4n) is 1.90. The molecule has 6 nitrogen and oxygen atoms in total. The second-order valence-electron chi connectivity index (χ2n) is 4.68. The van der Waals surface area contributed by atoms with E-state index in [-0.39, 0.29) is 29.9 Å². The number of nitrogens with two attached hydrogens (primary N) is 1. The number of carbonyl (C=O) groups is 1. The molecule has 24 heavy (non-hydrogen) atoms. The van der Waals surface area contributed by atoms with Crippen LogP contribution in [0.5, 0.6) is 5.75 Å². The molecule has 2 aromatic rings. The van der Waals surface area contributed by atoms with Gasteiger partial charge in [0, 0.05) is 13.1 Å². The highest BCUT2D eigenvalue weighted by Gasteiger charge is 2.05. The number of nitrogens with one attached hydrogen (secondary N) is 2. The van der Waals surface area contributed by atoms with Gasteiger partial charge in [-0.05, 0) is 30.0 Å². The van der Waals surface area contributed by atoms with Crippen molar-refractivity contribution >= 4 is 52.9 Å². The number of methoxy groups -OCH3 is 1. The summed E-state index contributed by atoms with van der Waals surface area (Å²) < 4.78 is 5.23. The van der Waals surface area contributed by atoms with Gasteiger partial charge in [-0.2, -0.15) is 0 Å². The molecule has 1 aromatic carbocycles. The lowest BCUT2D eigenvalue weighted by Gasteiger charge is -2.10. The molecular formula is C16H21IN4O2S. The van der Waals surface area contributed by atoms with Crippen molar-refractivity contribution in [1.29, 1.82) is 0 Å². The van der Waals surface area contributed by atoms with E-state index >= 15 is 0 Å². The minimum Gasteiger partial charge on any atom is -0.495 e. The highest BCUT2D eigenvalue weighted by atomic mass is 127. The van der Waals surface area contributed by atoms with Crippen molar-refractivity contribution in [3.63, 3.8) is 0 Å². The normalized spacial score (nSPS) is 10.6. The number of aliphatic imine (C=N–C) groups is 1. The summed E-state index contributed by atoms with van der Waals surface area (Å²) in [6, 6.07) is 11.1. The van der Waals surface area contributed by atoms with E-state index in [0.717, 1.165) is 5.69 Å². The highest BCUT2D eigenvalue weighted by Crippen LogP contribution is 2.22. The lowest BCUT2D eigenvalue weighted by atomic mass is 10.3. The molecule has 0 aliphatic carbocycles. The third-order valence-electron chi connectivity index (χ3n) is 3.02. The van der Waals surface area contributed by atoms with Crippen LogP contribution in [0.3, 0.4) is 0 Å². The number of nitrogens with zero attached hydrogens (tertiary/aromatic N) is 1. The van der Waals surface area contributed by atoms with E-state index in [1.165, 1.54) is 11.3 Å². The van der Waals surface area contributed by atoms with Crippen LogP contribution in [0.4, 0.5) is 5.69 Å². The van der Waals surface area contributed by atoms with Gasteiger partial charge >= 0.3 is 0 Å². The van der Waals surface area contributed by atoms with Crippen molar-refractivity contribution in [1.82, 2.24) is 5.32 Å². The molecule has 1 amide bonds. The van der Waals surface area contributed by atoms with Gasteiger partial charge in [0.15, 0.2) is 5.96 Å². The highest BCUT2D eigenvalue weighted by molar-refractivity contribution is 14.0. The number of amides is 1. The molecule has 4 N–H and O–H groups in total. The maximum Gasteiger partial charge on any atom is 0.261 e. The summed E-state index contributed by atoms with van der Waals surface area (Å²) >= 11 is 1.42. The molecule has 0 bridgehead atoms. The summed E-state index contributed by atoms with van der Waals surface area (Å²) in [6.45, 7) is 1.08. The number of hydrogen-bond acceptors (Lipinski definition) is 4. The Kier molecular flexibility index (Phi) is 9.16. The Hall–Kier alpha value is -1.81. The number of thiophene rings is 1. The standard InChI is InChI=1S/C16H20N4O2S.HI/c1-22-13-7-3-2-6-12(13)20-16(17)19-10-5-9-18-15(21)14-8-4-11-23-14;/h2-4,6-8,11H,5,9-10H2,1H3,(H,18,21)(H3,17,19,20);1H. The minimum atomic E-state index is -0.0518. The molecule has 0 fully saturated rings. The first-order valence-electron chi connectivity index (χ1n) is 7.22. The van der Waals surface area contributed by atoms with Crippen LogP contribution in [-0.4, -0.2) is 32.1 Å². The Morgan fingerprint density at radius 1 is 1.29 bits per heavy atom. The van der Waals surface area contributed by atoms with Gasteiger partial charge < -0.3 is 21.1 Å². The zero-order chi connectivity index (χ0) is 16.5. The number of guanidine groups is 1. The Morgan fingerprint density at radius 2 is 2.08 bits per heavy atom. The van der Waals surface area contributed by atoms with Crippen LogP contribution in [-0.2, 0) is 0 Å². The number of carbonyl (C=O) groups excluding carboxylic acids is 1. The van der Waals surface area contributed by atoms with Crippen LogP contribution >= 0.6 is 35.3 Å². The lowest BCUT2D eigenvalue weighted by molar-refractivity contribution is 0.0957. The summed E-state index contributed by atoms with van der Waals surface area (Å²) in [5.74, 6) is 0.969. The Labute approximate surface area is 162 Å². The van der Waals surface area contributed by atoms with Gasteiger partial charge in [0.25, 0.3) is 5.91 Å². The number of hydrogen-bond donors (Lipinski definition) is 3. The maximum absolute atomic E-state index is 11.7. The molecule has 2 rings (SSSR count). The molecule has 1 aromatic heterocycles. The second kappa shape index (κ2) is 10.9. The molecule has 0 radical (unpaired) electrons. The molecule has 8 heteroatoms. The second-order valence-corrected chi connectivity index (χ2v) is 5.63. The van der Waals surface area contributed by atoms with Gasteiger partial charge in [0.1, 0.15) is 5.75 Å². The maximum atomic E-state index is 11.7. The zero-order valence-corrected chi connectivity index (χ0v) is 16.5. The molecule has 0 saturated heterocycles. The fourth-order valence-corrected chi connectivity index (χ4v) is 2.54. The largest absolute Gasteiger partial charge is 0.495 e. The predicted octanol–water partition coefficient (Wildman–Crippen LogP) is 2.92. The number of rotatable bonds is 7. The quantitative estimate of drug-likeness (QED) is 0.257. The van der Waals surface area contributed by atoms with Gasteiger partial charge in [0.05, 0.1) is 17.7 Å². The molecule has 0 atom stereocenters. The first-order valence-corrected chi connectivity index (χ1v) is 8.10. The Bertz CT molecular complexity index is 662. The smallest absolute Gasteiger partial charge is 0.261 e. The van der Waals surface area contributed by atoms with Crippen LogP contribution < -0.4 is 21.1 Å². The van der Waals surface area contributed by atoms with Crippen molar-refractivity contribution in [3.8, 4) is 5.75 Å². The Morgan fingerprint density at radius 3 is 2.79 bits per heavy atom. The number of benzene rings is 1. The molecule has 0 aliphatic heterocycles. The first-order chi connectivity index (χ1) is 11.2. The minimum absolute atomic E-state index is 0. The van der Waals surface area contributed by atoms with Crippen LogP contribution in [0.15, 0.2) is 46.8 Å². The van der Waals surface area contributed by atoms with E-state index in [1.54, 1.807) is 13.2 Å². The number of halogens is 1. The van der Waals surface area contributed by atoms with Crippen molar-refractivity contribution in [2.24, 2.45) is 10.7 Å². The van der Waals surface area contributed by atoms with Gasteiger partial charge in [-0.25, -0.2) is 0 Å². The molecule has 0 unspecified atom stereocenters. The summed E-state index contributed by atoms with van der Waals surface area (Å²) in [5, 5.41) is 7.73. The summed E-state index contributed by atoms with van der Waals surface area (Å²) in [4.78, 5) is 16.7. The summed E-state index contributed by atoms with van der Waals surface area (Å²) in [6.07, 6.45) is 0.714. The SMILES string of the molecule is COc1ccccc1NC(N)=NCCCNC(=O)c1cccs1.I. The summed E-state index contributed by atoms with van der Waals surface area (Å²) in [5.41, 5.74) is 6.61. The fraction of sp³-hybridized carbons (Fsp3) is 0.250. The lowest BCUT2D eigenvalue weighted by Crippen LogP contribution is -2.25. The summed E-state index contributed by atoms with van der Waals surface area (Å²) in [7, 11) is 1.60. The monoisotopic (exact) mass is 460 g/mol. The number of ether oxygens (including phenoxy) is 1. The number of anilines is 1. The molecule has 0 saturated carbocycles. The number of para-hydroxylation sites is 2. The third-order valence-corrected chi connectivity index (χ3v) is 3.89. The molecule has 1 heterocycles. The van der Waals surface area contributed by atoms with E-state index in [2.05, 4.69) is 15.6 Å². The van der Waals surface area contributed by atoms with Crippen LogP contribution in [0.25, 0.3) is 0 Å². The van der Waals surface area contributed by atoms with E-state index in [1.807, 2.05) is 35.7 Å². The third kappa shape index (κ3) is 6.36. The van der Waals surface area contributed by atoms with Crippen LogP contribution in [0, 0.1) is 0 Å². The molecule has 0 aliphatic rings. The molecular weight excluding hydrogens is 439 g/mol. The van der Waals surface area contributed by atoms with Crippen LogP contribution in [0.1, 0.15) is 16.1 Å². The van der Waals surface area contributed by atoms with Crippen molar-refractivity contribution in [3.05, 3.63) is 46.7 Å². The average Bonchev–Trinajstić information content (AvgIpc) is 3.09. The van der Waals surface area contributed by atoms with E-state index in [9.17, 15) is 4.79 Å². The zero-order valence-electron chi connectivity index (χ0n) is 13.3. The van der Waals surface area contributed by atoms with Gasteiger partial charge in [-0.3, -0.25) is 9.79 Å². The predicted molar refractivity (Wildman–Crippen MR) is 110 cm³/mol. The first kappa shape index (κ1) is 20.2. The van der Waals surface area contributed by atoms with Crippen LogP contribution in [0.2, 0.25) is 0 Å². The van der Waals surface area contributed by atoms with Crippen molar-refractivity contribution in [2.75, 3.05) is 25.5 Å². The Balaban J connectivity index is 0.00000288. The molecule has 130 valence electrons. The van der Waals surface area contributed by atoms with E-state index in [4.69, 9.17) is 10.5 Å². The molecule has 0 spiro atoms. The topological polar surface area (TPSA) is 88.7 Å². The van der Waals surface area contributed by atoms with E-state index < -0.39 is 0 Å². The average molecular weight is 460 g/mol. The van der Waals surface area contributed by atoms with Gasteiger partial charge in [-0.1, -0.05) is 18.2 Å². The van der Waals surface area contributed by atoms with Gasteiger partial charge in [-0.15, -0.1) is 35.3 Å². The van der Waals surface area contributed by atoms with E-state index in [0.29, 0.717) is 36.1 Å².